The number of carbonyl (C=O) groups is 2. The topological polar surface area (TPSA) is 141 Å². The number of benzene rings is 2. The van der Waals surface area contributed by atoms with Crippen molar-refractivity contribution >= 4 is 29.4 Å². The minimum absolute atomic E-state index is 0.0214. The van der Waals surface area contributed by atoms with Crippen molar-refractivity contribution < 1.29 is 33.0 Å². The predicted octanol–water partition coefficient (Wildman–Crippen LogP) is 5.29. The molecule has 0 radical (unpaired) electrons. The molecule has 0 saturated carbocycles. The number of amides is 2. The first-order valence-corrected chi connectivity index (χ1v) is 21.0. The van der Waals surface area contributed by atoms with Crippen LogP contribution in [0.3, 0.4) is 0 Å². The Bertz CT molecular complexity index is 2160. The van der Waals surface area contributed by atoms with Gasteiger partial charge in [-0.15, -0.1) is 0 Å². The average molecular weight is 856 g/mol. The minimum Gasteiger partial charge on any atom is -0.453 e. The number of ether oxygens (including phenoxy) is 2. The summed E-state index contributed by atoms with van der Waals surface area (Å²) in [6, 6.07) is 19.1. The molecule has 2 amide bonds. The van der Waals surface area contributed by atoms with Gasteiger partial charge in [0.25, 0.3) is 0 Å². The fourth-order valence-corrected chi connectivity index (χ4v) is 8.52. The van der Waals surface area contributed by atoms with Gasteiger partial charge in [-0.05, 0) is 73.4 Å². The zero-order chi connectivity index (χ0) is 43.1. The number of aliphatic hydroxyl groups is 1. The number of nitrogens with zero attached hydrogens (tertiary/aromatic N) is 4. The standard InChI is InChI=1S/C46H52ClF2N7O5/c1-46(2,28-48)43(54-45(59)60-3)44(58)53-40(41(57)23-50-22-36-37(47)19-32(20-38(36)49)39-6-4-5-17-51-39)18-30-10-7-29(8-11-30)9-12-31-13-16-42(52-21-31)55-24-33-14-15-34(25-55)56(33)35-26-61-27-35/h4-8,10-11,13,16-17,19-21,33-35,40-41,43,50,57H,14-15,18,22-28H2,1-3H3,(H,53,58)(H,54,59)/t33?,34?,40-,41-,43?/m0/s1. The summed E-state index contributed by atoms with van der Waals surface area (Å²) in [5.74, 6) is 6.10. The largest absolute Gasteiger partial charge is 0.453 e. The molecule has 3 aliphatic heterocycles. The smallest absolute Gasteiger partial charge is 0.407 e. The summed E-state index contributed by atoms with van der Waals surface area (Å²) in [4.78, 5) is 40.0. The van der Waals surface area contributed by atoms with E-state index in [0.717, 1.165) is 55.9 Å². The Morgan fingerprint density at radius 3 is 2.33 bits per heavy atom. The van der Waals surface area contributed by atoms with Crippen LogP contribution >= 0.6 is 11.6 Å². The van der Waals surface area contributed by atoms with Crippen molar-refractivity contribution in [1.29, 1.82) is 0 Å². The number of rotatable bonds is 15. The fourth-order valence-electron chi connectivity index (χ4n) is 8.24. The number of fused-ring (bicyclic) bond motifs is 2. The van der Waals surface area contributed by atoms with E-state index in [0.29, 0.717) is 29.4 Å². The molecular formula is C46H52ClF2N7O5. The first kappa shape index (κ1) is 43.9. The van der Waals surface area contributed by atoms with E-state index >= 15 is 4.39 Å². The first-order valence-electron chi connectivity index (χ1n) is 20.6. The number of carbonyl (C=O) groups excluding carboxylic acids is 2. The van der Waals surface area contributed by atoms with Crippen LogP contribution in [-0.4, -0.2) is 115 Å². The van der Waals surface area contributed by atoms with Crippen LogP contribution in [0.2, 0.25) is 5.02 Å². The van der Waals surface area contributed by atoms with Crippen LogP contribution in [0.25, 0.3) is 11.3 Å². The summed E-state index contributed by atoms with van der Waals surface area (Å²) in [6.45, 7) is 5.59. The molecule has 0 aliphatic carbocycles. The van der Waals surface area contributed by atoms with Gasteiger partial charge in [-0.2, -0.15) is 0 Å². The van der Waals surface area contributed by atoms with Crippen molar-refractivity contribution in [3.63, 3.8) is 0 Å². The number of alkyl carbamates (subject to hydrolysis) is 1. The maximum atomic E-state index is 15.3. The molecule has 5 heterocycles. The number of alkyl halides is 1. The van der Waals surface area contributed by atoms with Gasteiger partial charge < -0.3 is 35.4 Å². The Balaban J connectivity index is 1.01. The Hall–Kier alpha value is -5.17. The number of methoxy groups -OCH3 is 1. The molecule has 15 heteroatoms. The Labute approximate surface area is 360 Å². The molecule has 2 bridgehead atoms. The van der Waals surface area contributed by atoms with Gasteiger partial charge in [-0.3, -0.25) is 19.1 Å². The lowest BCUT2D eigenvalue weighted by molar-refractivity contribution is -0.127. The van der Waals surface area contributed by atoms with Crippen molar-refractivity contribution in [3.8, 4) is 23.1 Å². The van der Waals surface area contributed by atoms with E-state index < -0.39 is 48.1 Å². The second kappa shape index (κ2) is 19.7. The van der Waals surface area contributed by atoms with E-state index in [9.17, 15) is 19.1 Å². The van der Waals surface area contributed by atoms with Crippen molar-refractivity contribution in [2.75, 3.05) is 51.5 Å². The normalized spacial score (nSPS) is 19.2. The lowest BCUT2D eigenvalue weighted by Crippen LogP contribution is -2.62. The molecule has 12 nitrogen and oxygen atoms in total. The lowest BCUT2D eigenvalue weighted by atomic mass is 9.85. The zero-order valence-corrected chi connectivity index (χ0v) is 35.3. The summed E-state index contributed by atoms with van der Waals surface area (Å²) in [5, 5.41) is 20.0. The van der Waals surface area contributed by atoms with Crippen LogP contribution in [-0.2, 0) is 27.2 Å². The van der Waals surface area contributed by atoms with Crippen LogP contribution in [0.15, 0.2) is 79.1 Å². The first-order chi connectivity index (χ1) is 29.4. The van der Waals surface area contributed by atoms with E-state index in [1.165, 1.54) is 32.8 Å². The fraction of sp³-hybridized carbons (Fsp3) is 0.435. The van der Waals surface area contributed by atoms with Crippen molar-refractivity contribution in [3.05, 3.63) is 112 Å². The lowest BCUT2D eigenvalue weighted by Gasteiger charge is -2.47. The van der Waals surface area contributed by atoms with Gasteiger partial charge in [0.2, 0.25) is 5.91 Å². The van der Waals surface area contributed by atoms with E-state index in [2.05, 4.69) is 42.6 Å². The highest BCUT2D eigenvalue weighted by Crippen LogP contribution is 2.35. The third kappa shape index (κ3) is 10.7. The number of piperazine rings is 1. The van der Waals surface area contributed by atoms with Gasteiger partial charge in [0, 0.05) is 83.3 Å². The quantitative estimate of drug-likeness (QED) is 0.117. The third-order valence-corrected chi connectivity index (χ3v) is 12.1. The van der Waals surface area contributed by atoms with Crippen LogP contribution in [0.4, 0.5) is 19.4 Å². The summed E-state index contributed by atoms with van der Waals surface area (Å²) in [6.07, 6.45) is 3.88. The monoisotopic (exact) mass is 855 g/mol. The summed E-state index contributed by atoms with van der Waals surface area (Å²) >= 11 is 6.50. The van der Waals surface area contributed by atoms with Gasteiger partial charge in [-0.1, -0.05) is 55.5 Å². The number of aliphatic hydroxyl groups excluding tert-OH is 1. The molecule has 2 aromatic heterocycles. The molecule has 2 aromatic carbocycles. The number of hydrogen-bond donors (Lipinski definition) is 4. The van der Waals surface area contributed by atoms with Crippen LogP contribution in [0, 0.1) is 23.1 Å². The molecule has 4 N–H and O–H groups in total. The van der Waals surface area contributed by atoms with E-state index in [4.69, 9.17) is 26.1 Å². The maximum absolute atomic E-state index is 15.3. The molecule has 0 spiro atoms. The molecule has 322 valence electrons. The van der Waals surface area contributed by atoms with Gasteiger partial charge in [0.15, 0.2) is 0 Å². The van der Waals surface area contributed by atoms with E-state index in [1.807, 2.05) is 36.4 Å². The molecule has 4 aromatic rings. The van der Waals surface area contributed by atoms with Crippen molar-refractivity contribution in [2.45, 2.75) is 76.0 Å². The maximum Gasteiger partial charge on any atom is 0.407 e. The van der Waals surface area contributed by atoms with Crippen molar-refractivity contribution in [1.82, 2.24) is 30.8 Å². The zero-order valence-electron chi connectivity index (χ0n) is 34.5. The van der Waals surface area contributed by atoms with Gasteiger partial charge in [0.1, 0.15) is 17.7 Å². The molecule has 3 fully saturated rings. The van der Waals surface area contributed by atoms with Gasteiger partial charge >= 0.3 is 6.09 Å². The molecular weight excluding hydrogens is 804 g/mol. The molecule has 5 atom stereocenters. The summed E-state index contributed by atoms with van der Waals surface area (Å²) < 4.78 is 39.6. The Morgan fingerprint density at radius 1 is 1.00 bits per heavy atom. The average Bonchev–Trinajstić information content (AvgIpc) is 3.48. The highest BCUT2D eigenvalue weighted by molar-refractivity contribution is 6.31. The predicted molar refractivity (Wildman–Crippen MR) is 229 cm³/mol. The molecule has 3 saturated heterocycles. The molecule has 3 aliphatic rings. The van der Waals surface area contributed by atoms with Gasteiger partial charge in [0.05, 0.1) is 50.9 Å². The van der Waals surface area contributed by atoms with Crippen molar-refractivity contribution in [2.24, 2.45) is 5.41 Å². The number of hydrogen-bond acceptors (Lipinski definition) is 10. The number of halogens is 3. The van der Waals surface area contributed by atoms with Crippen LogP contribution in [0.5, 0.6) is 0 Å². The summed E-state index contributed by atoms with van der Waals surface area (Å²) in [5.41, 5.74) is 2.29. The number of anilines is 1. The number of aromatic nitrogens is 2. The summed E-state index contributed by atoms with van der Waals surface area (Å²) in [7, 11) is 1.14. The van der Waals surface area contributed by atoms with Crippen LogP contribution in [0.1, 0.15) is 48.9 Å². The second-order valence-electron chi connectivity index (χ2n) is 16.6. The van der Waals surface area contributed by atoms with Gasteiger partial charge in [-0.25, -0.2) is 14.2 Å². The highest BCUT2D eigenvalue weighted by atomic mass is 35.5. The molecule has 7 rings (SSSR count). The third-order valence-electron chi connectivity index (χ3n) is 11.8. The Morgan fingerprint density at radius 2 is 1.72 bits per heavy atom. The van der Waals surface area contributed by atoms with E-state index in [-0.39, 0.29) is 30.1 Å². The molecule has 3 unspecified atom stereocenters. The van der Waals surface area contributed by atoms with Crippen LogP contribution < -0.4 is 20.9 Å². The SMILES string of the molecule is COC(=O)NC(C(=O)N[C@@H](Cc1ccc(C#Cc2ccc(N3CC4CCC(C3)N4C3COC3)nc2)cc1)[C@@H](O)CNCc1c(F)cc(-c2ccccn2)cc1Cl)C(C)(C)CF. The highest BCUT2D eigenvalue weighted by Gasteiger charge is 2.45. The number of pyridine rings is 2. The second-order valence-corrected chi connectivity index (χ2v) is 17.0. The number of nitrogens with one attached hydrogen (secondary N) is 3. The Kier molecular flexibility index (Phi) is 14.2. The minimum atomic E-state index is -1.33. The molecule has 61 heavy (non-hydrogen) atoms. The van der Waals surface area contributed by atoms with E-state index in [1.54, 1.807) is 36.7 Å².